The SMILES string of the molecule is Cc1cncc(NC(=O)CCC(C)O)c1. The molecule has 1 amide bonds. The van der Waals surface area contributed by atoms with Crippen molar-refractivity contribution in [3.05, 3.63) is 24.0 Å². The summed E-state index contributed by atoms with van der Waals surface area (Å²) in [5, 5.41) is 11.7. The largest absolute Gasteiger partial charge is 0.393 e. The minimum absolute atomic E-state index is 0.0942. The Hall–Kier alpha value is -1.42. The third kappa shape index (κ3) is 4.56. The Bertz CT molecular complexity index is 337. The lowest BCUT2D eigenvalue weighted by Crippen LogP contribution is -2.14. The zero-order valence-corrected chi connectivity index (χ0v) is 9.03. The lowest BCUT2D eigenvalue weighted by molar-refractivity contribution is -0.116. The van der Waals surface area contributed by atoms with Crippen LogP contribution in [-0.4, -0.2) is 22.1 Å². The van der Waals surface area contributed by atoms with E-state index in [2.05, 4.69) is 10.3 Å². The normalized spacial score (nSPS) is 12.2. The summed E-state index contributed by atoms with van der Waals surface area (Å²) in [7, 11) is 0. The third-order valence-electron chi connectivity index (χ3n) is 1.95. The molecular formula is C11H16N2O2. The van der Waals surface area contributed by atoms with Gasteiger partial charge in [-0.3, -0.25) is 9.78 Å². The number of hydrogen-bond acceptors (Lipinski definition) is 3. The van der Waals surface area contributed by atoms with Crippen molar-refractivity contribution in [2.45, 2.75) is 32.8 Å². The smallest absolute Gasteiger partial charge is 0.224 e. The molecule has 0 aliphatic rings. The Balaban J connectivity index is 2.44. The molecule has 82 valence electrons. The molecular weight excluding hydrogens is 192 g/mol. The number of aliphatic hydroxyl groups is 1. The summed E-state index contributed by atoms with van der Waals surface area (Å²) in [6.45, 7) is 3.58. The average molecular weight is 208 g/mol. The minimum Gasteiger partial charge on any atom is -0.393 e. The molecule has 1 atom stereocenters. The Kier molecular flexibility index (Phi) is 4.24. The fraction of sp³-hybridized carbons (Fsp3) is 0.455. The molecule has 15 heavy (non-hydrogen) atoms. The van der Waals surface area contributed by atoms with E-state index in [0.29, 0.717) is 18.5 Å². The maximum absolute atomic E-state index is 11.4. The van der Waals surface area contributed by atoms with Gasteiger partial charge in [-0.05, 0) is 31.9 Å². The van der Waals surface area contributed by atoms with Crippen LogP contribution in [0.4, 0.5) is 5.69 Å². The van der Waals surface area contributed by atoms with Crippen LogP contribution in [0, 0.1) is 6.92 Å². The lowest BCUT2D eigenvalue weighted by atomic mass is 10.2. The van der Waals surface area contributed by atoms with Gasteiger partial charge in [0.15, 0.2) is 0 Å². The van der Waals surface area contributed by atoms with E-state index in [4.69, 9.17) is 5.11 Å². The highest BCUT2D eigenvalue weighted by Crippen LogP contribution is 2.08. The Labute approximate surface area is 89.3 Å². The van der Waals surface area contributed by atoms with E-state index in [1.165, 1.54) is 0 Å². The molecule has 0 bridgehead atoms. The van der Waals surface area contributed by atoms with Gasteiger partial charge in [0.05, 0.1) is 18.0 Å². The van der Waals surface area contributed by atoms with Crippen molar-refractivity contribution >= 4 is 11.6 Å². The van der Waals surface area contributed by atoms with Crippen molar-refractivity contribution in [1.29, 1.82) is 0 Å². The fourth-order valence-corrected chi connectivity index (χ4v) is 1.19. The van der Waals surface area contributed by atoms with E-state index in [0.717, 1.165) is 5.56 Å². The molecule has 0 aliphatic carbocycles. The lowest BCUT2D eigenvalue weighted by Gasteiger charge is -2.06. The maximum atomic E-state index is 11.4. The molecule has 1 rings (SSSR count). The molecule has 1 unspecified atom stereocenters. The molecule has 4 heteroatoms. The number of anilines is 1. The van der Waals surface area contributed by atoms with E-state index in [1.807, 2.05) is 13.0 Å². The van der Waals surface area contributed by atoms with Crippen molar-refractivity contribution in [3.63, 3.8) is 0 Å². The average Bonchev–Trinajstić information content (AvgIpc) is 2.15. The highest BCUT2D eigenvalue weighted by molar-refractivity contribution is 5.90. The van der Waals surface area contributed by atoms with Gasteiger partial charge >= 0.3 is 0 Å². The van der Waals surface area contributed by atoms with Crippen LogP contribution in [0.3, 0.4) is 0 Å². The highest BCUT2D eigenvalue weighted by Gasteiger charge is 2.04. The molecule has 0 aromatic carbocycles. The summed E-state index contributed by atoms with van der Waals surface area (Å²) < 4.78 is 0. The molecule has 0 aliphatic heterocycles. The first-order valence-electron chi connectivity index (χ1n) is 4.97. The van der Waals surface area contributed by atoms with Gasteiger partial charge in [0.25, 0.3) is 0 Å². The fourth-order valence-electron chi connectivity index (χ4n) is 1.19. The molecule has 0 spiro atoms. The molecule has 0 radical (unpaired) electrons. The summed E-state index contributed by atoms with van der Waals surface area (Å²) in [6, 6.07) is 1.85. The first kappa shape index (κ1) is 11.7. The summed E-state index contributed by atoms with van der Waals surface area (Å²) >= 11 is 0. The third-order valence-corrected chi connectivity index (χ3v) is 1.95. The van der Waals surface area contributed by atoms with E-state index in [9.17, 15) is 4.79 Å². The van der Waals surface area contributed by atoms with Gasteiger partial charge in [-0.15, -0.1) is 0 Å². The van der Waals surface area contributed by atoms with Crippen molar-refractivity contribution in [2.24, 2.45) is 0 Å². The van der Waals surface area contributed by atoms with Crippen LogP contribution in [0.15, 0.2) is 18.5 Å². The van der Waals surface area contributed by atoms with Crippen LogP contribution in [-0.2, 0) is 4.79 Å². The second-order valence-corrected chi connectivity index (χ2v) is 3.69. The quantitative estimate of drug-likeness (QED) is 0.788. The topological polar surface area (TPSA) is 62.2 Å². The molecule has 2 N–H and O–H groups in total. The Morgan fingerprint density at radius 1 is 1.60 bits per heavy atom. The summed E-state index contributed by atoms with van der Waals surface area (Å²) in [5.74, 6) is -0.0942. The molecule has 1 heterocycles. The number of aromatic nitrogens is 1. The van der Waals surface area contributed by atoms with E-state index >= 15 is 0 Å². The highest BCUT2D eigenvalue weighted by atomic mass is 16.3. The number of rotatable bonds is 4. The van der Waals surface area contributed by atoms with E-state index in [1.54, 1.807) is 19.3 Å². The predicted octanol–water partition coefficient (Wildman–Crippen LogP) is 1.49. The number of pyridine rings is 1. The molecule has 4 nitrogen and oxygen atoms in total. The van der Waals surface area contributed by atoms with Crippen LogP contribution >= 0.6 is 0 Å². The molecule has 1 aromatic rings. The number of amides is 1. The number of carbonyl (C=O) groups is 1. The summed E-state index contributed by atoms with van der Waals surface area (Å²) in [4.78, 5) is 15.3. The summed E-state index contributed by atoms with van der Waals surface area (Å²) in [6.07, 6.45) is 3.70. The number of aliphatic hydroxyl groups excluding tert-OH is 1. The van der Waals surface area contributed by atoms with Gasteiger partial charge in [-0.1, -0.05) is 0 Å². The van der Waals surface area contributed by atoms with Crippen LogP contribution in [0.1, 0.15) is 25.3 Å². The van der Waals surface area contributed by atoms with Gasteiger partial charge in [-0.25, -0.2) is 0 Å². The molecule has 0 saturated heterocycles. The first-order chi connectivity index (χ1) is 7.08. The van der Waals surface area contributed by atoms with Crippen LogP contribution < -0.4 is 5.32 Å². The molecule has 0 saturated carbocycles. The van der Waals surface area contributed by atoms with Gasteiger partial charge < -0.3 is 10.4 Å². The van der Waals surface area contributed by atoms with Crippen LogP contribution in [0.2, 0.25) is 0 Å². The van der Waals surface area contributed by atoms with E-state index < -0.39 is 6.10 Å². The van der Waals surface area contributed by atoms with Crippen molar-refractivity contribution < 1.29 is 9.90 Å². The Morgan fingerprint density at radius 3 is 2.93 bits per heavy atom. The Morgan fingerprint density at radius 2 is 2.33 bits per heavy atom. The number of carbonyl (C=O) groups excluding carboxylic acids is 1. The van der Waals surface area contributed by atoms with Crippen molar-refractivity contribution in [2.75, 3.05) is 5.32 Å². The number of hydrogen-bond donors (Lipinski definition) is 2. The number of nitrogens with one attached hydrogen (secondary N) is 1. The van der Waals surface area contributed by atoms with Gasteiger partial charge in [0, 0.05) is 12.6 Å². The van der Waals surface area contributed by atoms with Crippen molar-refractivity contribution in [1.82, 2.24) is 4.98 Å². The number of aryl methyl sites for hydroxylation is 1. The number of nitrogens with zero attached hydrogens (tertiary/aromatic N) is 1. The predicted molar refractivity (Wildman–Crippen MR) is 58.5 cm³/mol. The van der Waals surface area contributed by atoms with Gasteiger partial charge in [0.1, 0.15) is 0 Å². The van der Waals surface area contributed by atoms with Crippen LogP contribution in [0.5, 0.6) is 0 Å². The molecule has 0 fully saturated rings. The van der Waals surface area contributed by atoms with Gasteiger partial charge in [-0.2, -0.15) is 0 Å². The van der Waals surface area contributed by atoms with Crippen LogP contribution in [0.25, 0.3) is 0 Å². The summed E-state index contributed by atoms with van der Waals surface area (Å²) in [5.41, 5.74) is 1.70. The molecule has 1 aromatic heterocycles. The monoisotopic (exact) mass is 208 g/mol. The standard InChI is InChI=1S/C11H16N2O2/c1-8-5-10(7-12-6-8)13-11(15)4-3-9(2)14/h5-7,9,14H,3-4H2,1-2H3,(H,13,15). The van der Waals surface area contributed by atoms with E-state index in [-0.39, 0.29) is 5.91 Å². The minimum atomic E-state index is -0.439. The first-order valence-corrected chi connectivity index (χ1v) is 4.97. The second-order valence-electron chi connectivity index (χ2n) is 3.69. The van der Waals surface area contributed by atoms with Gasteiger partial charge in [0.2, 0.25) is 5.91 Å². The van der Waals surface area contributed by atoms with Crippen molar-refractivity contribution in [3.8, 4) is 0 Å². The second kappa shape index (κ2) is 5.46. The zero-order valence-electron chi connectivity index (χ0n) is 9.03. The maximum Gasteiger partial charge on any atom is 0.224 e. The zero-order chi connectivity index (χ0) is 11.3.